The van der Waals surface area contributed by atoms with Crippen LogP contribution in [0.3, 0.4) is 0 Å². The van der Waals surface area contributed by atoms with Crippen molar-refractivity contribution in [2.75, 3.05) is 24.2 Å². The van der Waals surface area contributed by atoms with Crippen LogP contribution in [0, 0.1) is 5.41 Å². The van der Waals surface area contributed by atoms with Crippen molar-refractivity contribution < 1.29 is 27.5 Å². The Morgan fingerprint density at radius 2 is 1.77 bits per heavy atom. The van der Waals surface area contributed by atoms with Gasteiger partial charge in [-0.3, -0.25) is 4.79 Å². The lowest BCUT2D eigenvalue weighted by Crippen LogP contribution is -2.50. The Kier molecular flexibility index (Phi) is 8.29. The van der Waals surface area contributed by atoms with E-state index in [1.807, 2.05) is 48.5 Å². The van der Waals surface area contributed by atoms with E-state index < -0.39 is 29.9 Å². The van der Waals surface area contributed by atoms with E-state index in [9.17, 15) is 22.8 Å². The molecule has 0 saturated carbocycles. The largest absolute Gasteiger partial charge is 0.471 e. The number of hydrogen-bond donors (Lipinski definition) is 1. The van der Waals surface area contributed by atoms with Gasteiger partial charge in [-0.15, -0.1) is 0 Å². The summed E-state index contributed by atoms with van der Waals surface area (Å²) in [6, 6.07) is 5.07. The van der Waals surface area contributed by atoms with Crippen LogP contribution in [-0.2, 0) is 16.1 Å². The molecule has 1 aliphatic rings. The fraction of sp³-hybridized carbons (Fsp3) is 0.680. The topological polar surface area (TPSA) is 79.1 Å². The van der Waals surface area contributed by atoms with Gasteiger partial charge in [0.15, 0.2) is 0 Å². The zero-order chi connectivity index (χ0) is 26.9. The Balaban J connectivity index is 2.29. The van der Waals surface area contributed by atoms with E-state index in [4.69, 9.17) is 10.5 Å². The molecule has 2 amide bonds. The van der Waals surface area contributed by atoms with Gasteiger partial charge in [-0.1, -0.05) is 26.8 Å². The van der Waals surface area contributed by atoms with Gasteiger partial charge in [0, 0.05) is 26.2 Å². The van der Waals surface area contributed by atoms with Crippen molar-refractivity contribution in [3.63, 3.8) is 0 Å². The predicted octanol–water partition coefficient (Wildman–Crippen LogP) is 5.39. The molecule has 1 saturated heterocycles. The van der Waals surface area contributed by atoms with E-state index in [0.29, 0.717) is 24.2 Å². The number of nitrogens with zero attached hydrogens (tertiary/aromatic N) is 3. The molecule has 7 nitrogen and oxygen atoms in total. The van der Waals surface area contributed by atoms with E-state index in [-0.39, 0.29) is 24.5 Å². The molecular formula is C25H39F3N4O3. The first-order valence-electron chi connectivity index (χ1n) is 11.8. The van der Waals surface area contributed by atoms with Gasteiger partial charge < -0.3 is 25.2 Å². The molecule has 0 spiro atoms. The molecule has 1 aliphatic heterocycles. The lowest BCUT2D eigenvalue weighted by atomic mass is 9.87. The number of carbonyl (C=O) groups excluding carboxylic acids is 2. The van der Waals surface area contributed by atoms with Crippen LogP contribution in [0.1, 0.15) is 66.9 Å². The number of carbonyl (C=O) groups is 2. The maximum Gasteiger partial charge on any atom is 0.471 e. The molecule has 198 valence electrons. The first-order valence-corrected chi connectivity index (χ1v) is 11.8. The summed E-state index contributed by atoms with van der Waals surface area (Å²) >= 11 is 0. The number of amides is 2. The van der Waals surface area contributed by atoms with Gasteiger partial charge >= 0.3 is 18.2 Å². The average Bonchev–Trinajstić information content (AvgIpc) is 3.17. The van der Waals surface area contributed by atoms with Crippen molar-refractivity contribution in [1.82, 2.24) is 9.80 Å². The lowest BCUT2D eigenvalue weighted by molar-refractivity contribution is -0.186. The molecule has 1 fully saturated rings. The molecule has 0 bridgehead atoms. The van der Waals surface area contributed by atoms with E-state index in [0.717, 1.165) is 10.5 Å². The standard InChI is InChI=1S/C25H39F3N4O3/c1-16(23(2,3)4)32(22(34)35-24(5,6)7)15-17-11-12-19(18(29)14-17)30(8)20-10-9-13-31(20)21(33)25(26,27)28/h11-12,14,16,20H,9-10,13,15,29H2,1-8H3/t16-,20?/m0/s1. The zero-order valence-electron chi connectivity index (χ0n) is 22.0. The van der Waals surface area contributed by atoms with Crippen LogP contribution in [0.4, 0.5) is 29.3 Å². The molecule has 35 heavy (non-hydrogen) atoms. The van der Waals surface area contributed by atoms with Gasteiger partial charge in [0.05, 0.1) is 11.4 Å². The summed E-state index contributed by atoms with van der Waals surface area (Å²) in [5, 5.41) is 0. The highest BCUT2D eigenvalue weighted by atomic mass is 19.4. The SMILES string of the molecule is C[C@H](N(Cc1ccc(N(C)C2CCCN2C(=O)C(F)(F)F)c(N)c1)C(=O)OC(C)(C)C)C(C)(C)C. The molecular weight excluding hydrogens is 461 g/mol. The quantitative estimate of drug-likeness (QED) is 0.549. The van der Waals surface area contributed by atoms with Gasteiger partial charge in [-0.25, -0.2) is 4.79 Å². The van der Waals surface area contributed by atoms with Crippen molar-refractivity contribution in [2.45, 2.75) is 91.8 Å². The molecule has 10 heteroatoms. The number of nitrogens with two attached hydrogens (primary N) is 1. The second kappa shape index (κ2) is 10.1. The smallest absolute Gasteiger partial charge is 0.444 e. The van der Waals surface area contributed by atoms with Gasteiger partial charge in [0.25, 0.3) is 0 Å². The van der Waals surface area contributed by atoms with Gasteiger partial charge in [0.2, 0.25) is 0 Å². The number of rotatable bonds is 5. The Bertz CT molecular complexity index is 922. The number of anilines is 2. The van der Waals surface area contributed by atoms with Gasteiger partial charge in [-0.05, 0) is 63.6 Å². The Hall–Kier alpha value is -2.65. The summed E-state index contributed by atoms with van der Waals surface area (Å²) in [4.78, 5) is 29.0. The number of halogens is 3. The van der Waals surface area contributed by atoms with Gasteiger partial charge in [0.1, 0.15) is 11.8 Å². The molecule has 1 aromatic rings. The van der Waals surface area contributed by atoms with Crippen LogP contribution in [0.15, 0.2) is 18.2 Å². The van der Waals surface area contributed by atoms with E-state index >= 15 is 0 Å². The highest BCUT2D eigenvalue weighted by Gasteiger charge is 2.47. The van der Waals surface area contributed by atoms with Crippen molar-refractivity contribution in [1.29, 1.82) is 0 Å². The molecule has 0 aliphatic carbocycles. The van der Waals surface area contributed by atoms with Crippen LogP contribution < -0.4 is 10.6 Å². The number of ether oxygens (including phenoxy) is 1. The minimum absolute atomic E-state index is 0.0425. The minimum Gasteiger partial charge on any atom is -0.444 e. The fourth-order valence-electron chi connectivity index (χ4n) is 4.08. The summed E-state index contributed by atoms with van der Waals surface area (Å²) in [5.74, 6) is -1.84. The molecule has 0 aromatic heterocycles. The highest BCUT2D eigenvalue weighted by molar-refractivity contribution is 5.83. The third-order valence-electron chi connectivity index (χ3n) is 6.35. The van der Waals surface area contributed by atoms with Crippen LogP contribution in [-0.4, -0.2) is 59.4 Å². The predicted molar refractivity (Wildman–Crippen MR) is 131 cm³/mol. The summed E-state index contributed by atoms with van der Waals surface area (Å²) in [6.07, 6.45) is -5.21. The zero-order valence-corrected chi connectivity index (χ0v) is 22.0. The van der Waals surface area contributed by atoms with Crippen LogP contribution >= 0.6 is 0 Å². The number of likely N-dealkylation sites (tertiary alicyclic amines) is 1. The normalized spacial score (nSPS) is 17.8. The Morgan fingerprint density at radius 1 is 1.17 bits per heavy atom. The van der Waals surface area contributed by atoms with Crippen LogP contribution in [0.25, 0.3) is 0 Å². The third kappa shape index (κ3) is 7.18. The second-order valence-electron chi connectivity index (χ2n) is 11.3. The molecule has 0 radical (unpaired) electrons. The molecule has 1 aromatic carbocycles. The van der Waals surface area contributed by atoms with Crippen molar-refractivity contribution >= 4 is 23.4 Å². The van der Waals surface area contributed by atoms with E-state index in [1.54, 1.807) is 35.0 Å². The van der Waals surface area contributed by atoms with Gasteiger partial charge in [-0.2, -0.15) is 13.2 Å². The summed E-state index contributed by atoms with van der Waals surface area (Å²) < 4.78 is 44.7. The molecule has 2 N–H and O–H groups in total. The van der Waals surface area contributed by atoms with Crippen molar-refractivity contribution in [2.24, 2.45) is 5.41 Å². The van der Waals surface area contributed by atoms with E-state index in [2.05, 4.69) is 0 Å². The number of alkyl halides is 3. The monoisotopic (exact) mass is 500 g/mol. The summed E-state index contributed by atoms with van der Waals surface area (Å²) in [6.45, 7) is 13.8. The fourth-order valence-corrected chi connectivity index (χ4v) is 4.08. The first-order chi connectivity index (χ1) is 15.8. The average molecular weight is 501 g/mol. The van der Waals surface area contributed by atoms with Crippen LogP contribution in [0.2, 0.25) is 0 Å². The minimum atomic E-state index is -4.92. The maximum atomic E-state index is 13.0. The number of nitrogen functional groups attached to an aromatic ring is 1. The Morgan fingerprint density at radius 3 is 2.26 bits per heavy atom. The summed E-state index contributed by atoms with van der Waals surface area (Å²) in [5.41, 5.74) is 7.08. The molecule has 1 heterocycles. The molecule has 2 rings (SSSR count). The van der Waals surface area contributed by atoms with Crippen LogP contribution in [0.5, 0.6) is 0 Å². The van der Waals surface area contributed by atoms with Crippen molar-refractivity contribution in [3.05, 3.63) is 23.8 Å². The molecule has 2 atom stereocenters. The Labute approximate surface area is 206 Å². The lowest BCUT2D eigenvalue weighted by Gasteiger charge is -2.39. The summed E-state index contributed by atoms with van der Waals surface area (Å²) in [7, 11) is 1.63. The van der Waals surface area contributed by atoms with Crippen molar-refractivity contribution in [3.8, 4) is 0 Å². The highest BCUT2D eigenvalue weighted by Crippen LogP contribution is 2.33. The number of benzene rings is 1. The molecule has 1 unspecified atom stereocenters. The first kappa shape index (κ1) is 28.6. The second-order valence-corrected chi connectivity index (χ2v) is 11.3. The maximum absolute atomic E-state index is 13.0. The third-order valence-corrected chi connectivity index (χ3v) is 6.35. The van der Waals surface area contributed by atoms with E-state index in [1.165, 1.54) is 0 Å². The number of hydrogen-bond acceptors (Lipinski definition) is 5.